The van der Waals surface area contributed by atoms with E-state index in [4.69, 9.17) is 25.9 Å². The quantitative estimate of drug-likeness (QED) is 0.142. The van der Waals surface area contributed by atoms with Crippen LogP contribution in [0, 0.1) is 55.4 Å². The SMILES string of the molecule is CCc1ccc2c(c1-c1cc(C)c(C)c(C)c1)C=C(c1ccc(C)o1)[CH]2[Zr]([Cl])([Cl])([CH]1C(c2ccc(C)o2)=Cc2c1ccc(CC)c2-c1cc(C)c(C)c(C)c1)=[Si](C)C. The van der Waals surface area contributed by atoms with Crippen LogP contribution in [0.2, 0.25) is 13.1 Å². The molecule has 2 aliphatic carbocycles. The molecule has 6 aromatic rings. The van der Waals surface area contributed by atoms with Gasteiger partial charge in [0.15, 0.2) is 0 Å². The van der Waals surface area contributed by atoms with E-state index in [0.717, 1.165) is 47.0 Å². The standard InChI is InChI=1S/2C25H25O.C2H6Si.2ClH.Zr/c2*1-6-19-8-9-20-13-21(24-10-7-17(4)26-24)14-23(20)25(19)22-11-15(2)18(5)16(3)12-22;1-3-2;;;/h2*7-14H,6H2,1-5H3;1-2H3;2*1H;/q;;;;;+2/p-2. The molecule has 2 unspecified atom stereocenters. The molecule has 0 saturated heterocycles. The van der Waals surface area contributed by atoms with Gasteiger partial charge in [-0.1, -0.05) is 0 Å². The number of furan rings is 2. The molecule has 0 saturated carbocycles. The molecule has 0 radical (unpaired) electrons. The van der Waals surface area contributed by atoms with Gasteiger partial charge in [-0.05, 0) is 0 Å². The first-order chi connectivity index (χ1) is 27.5. The fourth-order valence-corrected chi connectivity index (χ4v) is 37.8. The van der Waals surface area contributed by atoms with E-state index >= 15 is 0 Å². The Morgan fingerprint density at radius 3 is 1.19 bits per heavy atom. The van der Waals surface area contributed by atoms with Crippen LogP contribution in [-0.4, -0.2) is 5.43 Å². The Kier molecular flexibility index (Phi) is 10.7. The van der Waals surface area contributed by atoms with Gasteiger partial charge in [0.05, 0.1) is 0 Å². The molecule has 0 fully saturated rings. The van der Waals surface area contributed by atoms with Gasteiger partial charge in [0.25, 0.3) is 0 Å². The minimum absolute atomic E-state index is 0.222. The molecule has 2 heterocycles. The molecular formula is C52H56Cl2O2SiZr. The third kappa shape index (κ3) is 6.34. The number of hydrogen-bond donors (Lipinski definition) is 0. The molecule has 0 N–H and O–H groups in total. The van der Waals surface area contributed by atoms with E-state index in [9.17, 15) is 0 Å². The van der Waals surface area contributed by atoms with E-state index in [0.29, 0.717) is 0 Å². The van der Waals surface area contributed by atoms with E-state index in [1.54, 1.807) is 0 Å². The second-order valence-corrected chi connectivity index (χ2v) is 56.2. The van der Waals surface area contributed by atoms with E-state index in [1.807, 2.05) is 13.8 Å². The number of hydrogen-bond acceptors (Lipinski definition) is 2. The molecule has 4 aromatic carbocycles. The van der Waals surface area contributed by atoms with E-state index in [-0.39, 0.29) is 7.25 Å². The first-order valence-corrected chi connectivity index (χ1v) is 36.3. The maximum absolute atomic E-state index is 9.04. The van der Waals surface area contributed by atoms with Crippen molar-refractivity contribution in [2.24, 2.45) is 0 Å². The predicted molar refractivity (Wildman–Crippen MR) is 248 cm³/mol. The third-order valence-corrected chi connectivity index (χ3v) is 60.1. The normalized spacial score (nSPS) is 16.4. The Morgan fingerprint density at radius 2 is 0.897 bits per heavy atom. The van der Waals surface area contributed by atoms with Gasteiger partial charge in [0.1, 0.15) is 0 Å². The molecule has 298 valence electrons. The van der Waals surface area contributed by atoms with Crippen molar-refractivity contribution in [3.05, 3.63) is 163 Å². The number of halogens is 2. The van der Waals surface area contributed by atoms with Gasteiger partial charge in [0.2, 0.25) is 0 Å². The predicted octanol–water partition coefficient (Wildman–Crippen LogP) is 15.9. The van der Waals surface area contributed by atoms with Crippen molar-refractivity contribution in [2.45, 2.75) is 102 Å². The van der Waals surface area contributed by atoms with Gasteiger partial charge in [-0.15, -0.1) is 0 Å². The molecule has 0 aliphatic heterocycles. The summed E-state index contributed by atoms with van der Waals surface area (Å²) in [6.45, 7) is 26.7. The van der Waals surface area contributed by atoms with Crippen LogP contribution in [0.3, 0.4) is 0 Å². The molecule has 0 spiro atoms. The van der Waals surface area contributed by atoms with Crippen LogP contribution in [0.1, 0.15) is 111 Å². The fraction of sp³-hybridized carbons (Fsp3) is 0.308. The van der Waals surface area contributed by atoms with Gasteiger partial charge < -0.3 is 0 Å². The summed E-state index contributed by atoms with van der Waals surface area (Å²) < 4.78 is 12.8. The molecule has 2 aromatic heterocycles. The van der Waals surface area contributed by atoms with Crippen LogP contribution in [0.4, 0.5) is 0 Å². The van der Waals surface area contributed by atoms with Gasteiger partial charge in [-0.25, -0.2) is 0 Å². The Hall–Kier alpha value is -3.40. The fourth-order valence-electron chi connectivity index (χ4n) is 10.1. The first-order valence-electron chi connectivity index (χ1n) is 20.9. The van der Waals surface area contributed by atoms with Crippen molar-refractivity contribution in [1.29, 1.82) is 0 Å². The maximum atomic E-state index is 9.04. The summed E-state index contributed by atoms with van der Waals surface area (Å²) in [4.78, 5) is 0. The molecular weight excluding hydrogens is 847 g/mol. The number of allylic oxidation sites excluding steroid dienone is 2. The van der Waals surface area contributed by atoms with Crippen LogP contribution in [0.5, 0.6) is 0 Å². The van der Waals surface area contributed by atoms with Gasteiger partial charge in [-0.3, -0.25) is 0 Å². The zero-order valence-electron chi connectivity index (χ0n) is 36.2. The van der Waals surface area contributed by atoms with Gasteiger partial charge >= 0.3 is 357 Å². The monoisotopic (exact) mass is 900 g/mol. The van der Waals surface area contributed by atoms with Gasteiger partial charge in [0, 0.05) is 0 Å². The van der Waals surface area contributed by atoms with Crippen molar-refractivity contribution in [1.82, 2.24) is 0 Å². The molecule has 0 amide bonds. The third-order valence-electron chi connectivity index (χ3n) is 13.8. The summed E-state index contributed by atoms with van der Waals surface area (Å²) in [6.07, 6.45) is 6.63. The number of fused-ring (bicyclic) bond motifs is 2. The zero-order chi connectivity index (χ0) is 41.6. The van der Waals surface area contributed by atoms with Crippen molar-refractivity contribution >= 4 is 45.8 Å². The molecule has 6 heteroatoms. The molecule has 58 heavy (non-hydrogen) atoms. The number of aryl methyl sites for hydroxylation is 8. The molecule has 0 bridgehead atoms. The van der Waals surface area contributed by atoms with Crippen molar-refractivity contribution in [3.8, 4) is 22.3 Å². The Bertz CT molecular complexity index is 2600. The van der Waals surface area contributed by atoms with E-state index < -0.39 is 20.4 Å². The average molecular weight is 903 g/mol. The topological polar surface area (TPSA) is 26.3 Å². The summed E-state index contributed by atoms with van der Waals surface area (Å²) in [5.74, 6) is 3.46. The Morgan fingerprint density at radius 1 is 0.534 bits per heavy atom. The van der Waals surface area contributed by atoms with E-state index in [1.165, 1.54) is 89.0 Å². The van der Waals surface area contributed by atoms with Gasteiger partial charge in [-0.2, -0.15) is 0 Å². The minimum atomic E-state index is -5.42. The number of rotatable bonds is 8. The molecule has 2 aliphatic rings. The summed E-state index contributed by atoms with van der Waals surface area (Å²) >= 11 is -5.42. The van der Waals surface area contributed by atoms with Crippen LogP contribution in [-0.2, 0) is 27.9 Å². The van der Waals surface area contributed by atoms with Crippen LogP contribution >= 0.6 is 17.0 Å². The second-order valence-electron chi connectivity index (χ2n) is 17.4. The molecule has 2 nitrogen and oxygen atoms in total. The molecule has 8 rings (SSSR count). The zero-order valence-corrected chi connectivity index (χ0v) is 41.2. The molecule has 2 atom stereocenters. The summed E-state index contributed by atoms with van der Waals surface area (Å²) in [5.41, 5.74) is 21.3. The van der Waals surface area contributed by atoms with E-state index in [2.05, 4.69) is 153 Å². The first kappa shape index (κ1) is 41.3. The van der Waals surface area contributed by atoms with Crippen LogP contribution in [0.25, 0.3) is 45.6 Å². The van der Waals surface area contributed by atoms with Crippen LogP contribution < -0.4 is 0 Å². The average Bonchev–Trinajstić information content (AvgIpc) is 3.99. The summed E-state index contributed by atoms with van der Waals surface area (Å²) in [6, 6.07) is 27.3. The summed E-state index contributed by atoms with van der Waals surface area (Å²) in [5, 5.41) is 0. The second kappa shape index (κ2) is 14.9. The Balaban J connectivity index is 1.48. The number of benzene rings is 4. The Labute approximate surface area is 354 Å². The summed E-state index contributed by atoms with van der Waals surface area (Å²) in [7, 11) is 18.1. The van der Waals surface area contributed by atoms with Crippen molar-refractivity contribution in [2.75, 3.05) is 0 Å². The van der Waals surface area contributed by atoms with Crippen LogP contribution in [0.15, 0.2) is 81.6 Å². The van der Waals surface area contributed by atoms with Crippen molar-refractivity contribution < 1.29 is 23.8 Å². The van der Waals surface area contributed by atoms with Crippen molar-refractivity contribution in [3.63, 3.8) is 0 Å².